The molecule has 1 aliphatic carbocycles. The normalized spacial score (nSPS) is 17.4. The number of nitrogens with one attached hydrogen (secondary N) is 1. The van der Waals surface area contributed by atoms with Crippen LogP contribution in [0.5, 0.6) is 0 Å². The van der Waals surface area contributed by atoms with Gasteiger partial charge in [0, 0.05) is 13.2 Å². The lowest BCUT2D eigenvalue weighted by Gasteiger charge is -2.14. The first-order valence-corrected chi connectivity index (χ1v) is 8.22. The van der Waals surface area contributed by atoms with Crippen LogP contribution in [0.1, 0.15) is 19.3 Å². The largest absolute Gasteiger partial charge is 0.396 e. The fourth-order valence-corrected chi connectivity index (χ4v) is 3.32. The van der Waals surface area contributed by atoms with Crippen molar-refractivity contribution in [1.29, 1.82) is 0 Å². The van der Waals surface area contributed by atoms with Crippen molar-refractivity contribution in [2.75, 3.05) is 13.2 Å². The molecule has 0 spiro atoms. The lowest BCUT2D eigenvalue weighted by Crippen LogP contribution is -2.30. The van der Waals surface area contributed by atoms with E-state index in [-0.39, 0.29) is 27.9 Å². The molecule has 7 heteroatoms. The van der Waals surface area contributed by atoms with Crippen molar-refractivity contribution < 1.29 is 17.9 Å². The van der Waals surface area contributed by atoms with Gasteiger partial charge in [0.1, 0.15) is 5.82 Å². The zero-order valence-electron chi connectivity index (χ0n) is 10.2. The third kappa shape index (κ3) is 3.53. The van der Waals surface area contributed by atoms with Crippen molar-refractivity contribution in [3.05, 3.63) is 28.5 Å². The van der Waals surface area contributed by atoms with Crippen LogP contribution in [0.25, 0.3) is 0 Å². The van der Waals surface area contributed by atoms with E-state index in [4.69, 9.17) is 5.11 Å². The van der Waals surface area contributed by atoms with Crippen LogP contribution in [-0.4, -0.2) is 26.7 Å². The molecule has 0 amide bonds. The fourth-order valence-electron chi connectivity index (χ4n) is 1.90. The summed E-state index contributed by atoms with van der Waals surface area (Å²) in [5.41, 5.74) is -0.115. The van der Waals surface area contributed by atoms with Gasteiger partial charge in [0.2, 0.25) is 10.0 Å². The first-order valence-electron chi connectivity index (χ1n) is 5.94. The molecule has 0 aromatic heterocycles. The molecule has 0 bridgehead atoms. The van der Waals surface area contributed by atoms with Gasteiger partial charge in [-0.15, -0.1) is 0 Å². The van der Waals surface area contributed by atoms with Gasteiger partial charge < -0.3 is 5.11 Å². The molecule has 19 heavy (non-hydrogen) atoms. The Morgan fingerprint density at radius 3 is 2.63 bits per heavy atom. The smallest absolute Gasteiger partial charge is 0.240 e. The van der Waals surface area contributed by atoms with E-state index in [1.165, 1.54) is 12.1 Å². The summed E-state index contributed by atoms with van der Waals surface area (Å²) in [5, 5.41) is 8.92. The molecule has 0 heterocycles. The van der Waals surface area contributed by atoms with E-state index in [1.807, 2.05) is 0 Å². The molecule has 1 aromatic carbocycles. The minimum atomic E-state index is -3.70. The van der Waals surface area contributed by atoms with Gasteiger partial charge >= 0.3 is 0 Å². The molecule has 1 aliphatic rings. The van der Waals surface area contributed by atoms with Crippen LogP contribution in [0.4, 0.5) is 4.39 Å². The average Bonchev–Trinajstić information content (AvgIpc) is 3.11. The van der Waals surface area contributed by atoms with Gasteiger partial charge in [-0.2, -0.15) is 0 Å². The molecule has 0 aliphatic heterocycles. The van der Waals surface area contributed by atoms with Crippen LogP contribution in [0.2, 0.25) is 0 Å². The Balaban J connectivity index is 2.08. The molecule has 4 nitrogen and oxygen atoms in total. The summed E-state index contributed by atoms with van der Waals surface area (Å²) in [4.78, 5) is -0.0898. The Bertz CT molecular complexity index is 572. The second kappa shape index (κ2) is 5.47. The number of rotatable bonds is 6. The number of hydrogen-bond acceptors (Lipinski definition) is 3. The summed E-state index contributed by atoms with van der Waals surface area (Å²) >= 11 is 2.98. The number of hydrogen-bond donors (Lipinski definition) is 2. The fraction of sp³-hybridized carbons (Fsp3) is 0.500. The van der Waals surface area contributed by atoms with E-state index in [9.17, 15) is 12.8 Å². The van der Waals surface area contributed by atoms with Crippen molar-refractivity contribution >= 4 is 26.0 Å². The molecule has 1 aromatic rings. The van der Waals surface area contributed by atoms with Crippen LogP contribution in [0.15, 0.2) is 27.6 Å². The van der Waals surface area contributed by atoms with Crippen molar-refractivity contribution in [1.82, 2.24) is 4.72 Å². The van der Waals surface area contributed by atoms with Gasteiger partial charge in [0.25, 0.3) is 0 Å². The molecule has 0 saturated heterocycles. The van der Waals surface area contributed by atoms with E-state index < -0.39 is 15.8 Å². The maximum atomic E-state index is 13.3. The van der Waals surface area contributed by atoms with Gasteiger partial charge in [0.05, 0.1) is 9.37 Å². The molecular formula is C12H15BrFNO3S. The number of aliphatic hydroxyl groups excluding tert-OH is 1. The minimum absolute atomic E-state index is 0.0502. The van der Waals surface area contributed by atoms with E-state index >= 15 is 0 Å². The van der Waals surface area contributed by atoms with Gasteiger partial charge in [0.15, 0.2) is 0 Å². The van der Waals surface area contributed by atoms with Gasteiger partial charge in [-0.1, -0.05) is 0 Å². The van der Waals surface area contributed by atoms with Crippen LogP contribution in [0, 0.1) is 11.2 Å². The number of halogens is 2. The average molecular weight is 352 g/mol. The van der Waals surface area contributed by atoms with Crippen molar-refractivity contribution in [2.45, 2.75) is 24.2 Å². The van der Waals surface area contributed by atoms with Crippen molar-refractivity contribution in [3.63, 3.8) is 0 Å². The summed E-state index contributed by atoms with van der Waals surface area (Å²) in [5.74, 6) is -0.612. The Morgan fingerprint density at radius 2 is 2.11 bits per heavy atom. The standard InChI is InChI=1S/C12H15BrFNO3S/c13-10-2-1-9(7-11(10)14)19(17,18)15-8-12(3-4-12)5-6-16/h1-2,7,15-16H,3-6,8H2. The number of benzene rings is 1. The molecule has 2 N–H and O–H groups in total. The van der Waals surface area contributed by atoms with Gasteiger partial charge in [-0.25, -0.2) is 17.5 Å². The van der Waals surface area contributed by atoms with Crippen LogP contribution in [0.3, 0.4) is 0 Å². The highest BCUT2D eigenvalue weighted by Gasteiger charge is 2.42. The van der Waals surface area contributed by atoms with Crippen LogP contribution < -0.4 is 4.72 Å². The van der Waals surface area contributed by atoms with Crippen LogP contribution >= 0.6 is 15.9 Å². The molecule has 0 unspecified atom stereocenters. The molecule has 0 atom stereocenters. The molecule has 1 fully saturated rings. The molecule has 2 rings (SSSR count). The minimum Gasteiger partial charge on any atom is -0.396 e. The third-order valence-corrected chi connectivity index (χ3v) is 5.48. The third-order valence-electron chi connectivity index (χ3n) is 3.44. The van der Waals surface area contributed by atoms with E-state index in [2.05, 4.69) is 20.7 Å². The molecule has 0 radical (unpaired) electrons. The number of sulfonamides is 1. The van der Waals surface area contributed by atoms with E-state index in [0.717, 1.165) is 18.9 Å². The van der Waals surface area contributed by atoms with Crippen LogP contribution in [-0.2, 0) is 10.0 Å². The zero-order chi connectivity index (χ0) is 14.1. The number of aliphatic hydroxyl groups is 1. The highest BCUT2D eigenvalue weighted by atomic mass is 79.9. The first-order chi connectivity index (χ1) is 8.88. The quantitative estimate of drug-likeness (QED) is 0.823. The first kappa shape index (κ1) is 14.9. The molecule has 1 saturated carbocycles. The summed E-state index contributed by atoms with van der Waals surface area (Å²) in [6, 6.07) is 3.70. The predicted octanol–water partition coefficient (Wildman–Crippen LogP) is 2.03. The second-order valence-corrected chi connectivity index (χ2v) is 7.50. The summed E-state index contributed by atoms with van der Waals surface area (Å²) in [6.07, 6.45) is 2.40. The van der Waals surface area contributed by atoms with E-state index in [1.54, 1.807) is 0 Å². The lowest BCUT2D eigenvalue weighted by atomic mass is 10.0. The lowest BCUT2D eigenvalue weighted by molar-refractivity contribution is 0.249. The molecular weight excluding hydrogens is 337 g/mol. The summed E-state index contributed by atoms with van der Waals surface area (Å²) < 4.78 is 40.1. The highest BCUT2D eigenvalue weighted by Crippen LogP contribution is 2.48. The molecule has 106 valence electrons. The van der Waals surface area contributed by atoms with Gasteiger partial charge in [-0.3, -0.25) is 0 Å². The summed E-state index contributed by atoms with van der Waals surface area (Å²) in [6.45, 7) is 0.336. The Hall–Kier alpha value is -0.500. The Kier molecular flexibility index (Phi) is 4.29. The Morgan fingerprint density at radius 1 is 1.42 bits per heavy atom. The Labute approximate surface area is 120 Å². The predicted molar refractivity (Wildman–Crippen MR) is 72.7 cm³/mol. The summed E-state index contributed by atoms with van der Waals surface area (Å²) in [7, 11) is -3.70. The second-order valence-electron chi connectivity index (χ2n) is 4.87. The van der Waals surface area contributed by atoms with Crippen molar-refractivity contribution in [2.24, 2.45) is 5.41 Å². The van der Waals surface area contributed by atoms with E-state index in [0.29, 0.717) is 6.42 Å². The van der Waals surface area contributed by atoms with Gasteiger partial charge in [-0.05, 0) is 58.8 Å². The topological polar surface area (TPSA) is 66.4 Å². The zero-order valence-corrected chi connectivity index (χ0v) is 12.6. The maximum Gasteiger partial charge on any atom is 0.240 e. The van der Waals surface area contributed by atoms with Crippen molar-refractivity contribution in [3.8, 4) is 0 Å². The highest BCUT2D eigenvalue weighted by molar-refractivity contribution is 9.10. The maximum absolute atomic E-state index is 13.3. The SMILES string of the molecule is O=S(=O)(NCC1(CCO)CC1)c1ccc(Br)c(F)c1. The monoisotopic (exact) mass is 351 g/mol.